The Morgan fingerprint density at radius 3 is 2.09 bits per heavy atom. The van der Waals surface area contributed by atoms with E-state index in [1.165, 1.54) is 29.5 Å². The molecule has 3 rings (SSSR count). The molecule has 1 saturated heterocycles. The SMILES string of the molecule is CCOC(=O)c1cc(NC(=O)C2CCN(C(=O)c3cccs3)CC2)cc(C(=O)OCC)c1. The summed E-state index contributed by atoms with van der Waals surface area (Å²) in [7, 11) is 0. The van der Waals surface area contributed by atoms with E-state index in [2.05, 4.69) is 5.32 Å². The summed E-state index contributed by atoms with van der Waals surface area (Å²) in [5.41, 5.74) is 0.633. The molecule has 9 heteroatoms. The number of ether oxygens (including phenoxy) is 2. The fourth-order valence-electron chi connectivity index (χ4n) is 3.51. The highest BCUT2D eigenvalue weighted by Crippen LogP contribution is 2.24. The van der Waals surface area contributed by atoms with Crippen LogP contribution in [0.3, 0.4) is 0 Å². The third kappa shape index (κ3) is 5.73. The van der Waals surface area contributed by atoms with Crippen LogP contribution in [-0.4, -0.2) is 55.0 Å². The molecule has 0 spiro atoms. The highest BCUT2D eigenvalue weighted by atomic mass is 32.1. The van der Waals surface area contributed by atoms with Crippen LogP contribution in [0.25, 0.3) is 0 Å². The van der Waals surface area contributed by atoms with E-state index in [9.17, 15) is 19.2 Å². The van der Waals surface area contributed by atoms with Gasteiger partial charge in [-0.1, -0.05) is 6.07 Å². The van der Waals surface area contributed by atoms with Crippen LogP contribution in [0, 0.1) is 5.92 Å². The summed E-state index contributed by atoms with van der Waals surface area (Å²) in [4.78, 5) is 52.2. The lowest BCUT2D eigenvalue weighted by molar-refractivity contribution is -0.121. The number of nitrogens with zero attached hydrogens (tertiary/aromatic N) is 1. The summed E-state index contributed by atoms with van der Waals surface area (Å²) in [6.07, 6.45) is 1.07. The Bertz CT molecular complexity index is 944. The number of thiophene rings is 1. The van der Waals surface area contributed by atoms with Gasteiger partial charge in [0.1, 0.15) is 0 Å². The average Bonchev–Trinajstić information content (AvgIpc) is 3.34. The average molecular weight is 459 g/mol. The molecule has 170 valence electrons. The molecule has 1 N–H and O–H groups in total. The summed E-state index contributed by atoms with van der Waals surface area (Å²) >= 11 is 1.40. The second-order valence-electron chi connectivity index (χ2n) is 7.27. The Morgan fingerprint density at radius 2 is 1.59 bits per heavy atom. The zero-order chi connectivity index (χ0) is 23.1. The van der Waals surface area contributed by atoms with Gasteiger partial charge in [-0.15, -0.1) is 11.3 Å². The van der Waals surface area contributed by atoms with Gasteiger partial charge < -0.3 is 19.7 Å². The molecule has 32 heavy (non-hydrogen) atoms. The molecule has 0 unspecified atom stereocenters. The second kappa shape index (κ2) is 10.9. The molecule has 2 heterocycles. The number of nitrogens with one attached hydrogen (secondary N) is 1. The number of esters is 2. The minimum Gasteiger partial charge on any atom is -0.462 e. The van der Waals surface area contributed by atoms with Gasteiger partial charge in [-0.3, -0.25) is 9.59 Å². The lowest BCUT2D eigenvalue weighted by Gasteiger charge is -2.31. The van der Waals surface area contributed by atoms with Crippen molar-refractivity contribution < 1.29 is 28.7 Å². The van der Waals surface area contributed by atoms with Crippen molar-refractivity contribution in [1.29, 1.82) is 0 Å². The first-order chi connectivity index (χ1) is 15.4. The maximum atomic E-state index is 12.8. The first-order valence-electron chi connectivity index (χ1n) is 10.6. The summed E-state index contributed by atoms with van der Waals surface area (Å²) in [6.45, 7) is 4.73. The van der Waals surface area contributed by atoms with Gasteiger partial charge in [0.05, 0.1) is 29.2 Å². The van der Waals surface area contributed by atoms with E-state index in [1.54, 1.807) is 24.8 Å². The fraction of sp³-hybridized carbons (Fsp3) is 0.391. The van der Waals surface area contributed by atoms with E-state index in [4.69, 9.17) is 9.47 Å². The fourth-order valence-corrected chi connectivity index (χ4v) is 4.20. The van der Waals surface area contributed by atoms with Crippen molar-refractivity contribution in [2.45, 2.75) is 26.7 Å². The van der Waals surface area contributed by atoms with Crippen LogP contribution in [0.15, 0.2) is 35.7 Å². The van der Waals surface area contributed by atoms with Gasteiger partial charge in [-0.25, -0.2) is 9.59 Å². The summed E-state index contributed by atoms with van der Waals surface area (Å²) in [6, 6.07) is 7.99. The van der Waals surface area contributed by atoms with Crippen molar-refractivity contribution in [3.05, 3.63) is 51.7 Å². The summed E-state index contributed by atoms with van der Waals surface area (Å²) in [5.74, 6) is -1.69. The number of likely N-dealkylation sites (tertiary alicyclic amines) is 1. The first-order valence-corrected chi connectivity index (χ1v) is 11.4. The molecule has 1 aromatic heterocycles. The molecule has 0 saturated carbocycles. The molecule has 0 atom stereocenters. The molecule has 1 fully saturated rings. The van der Waals surface area contributed by atoms with Crippen molar-refractivity contribution in [3.8, 4) is 0 Å². The van der Waals surface area contributed by atoms with Crippen LogP contribution in [0.2, 0.25) is 0 Å². The Hall–Kier alpha value is -3.20. The second-order valence-corrected chi connectivity index (χ2v) is 8.22. The molecular formula is C23H26N2O6S. The zero-order valence-corrected chi connectivity index (χ0v) is 18.9. The zero-order valence-electron chi connectivity index (χ0n) is 18.1. The lowest BCUT2D eigenvalue weighted by atomic mass is 9.95. The number of carbonyl (C=O) groups is 4. The Morgan fingerprint density at radius 1 is 1.00 bits per heavy atom. The summed E-state index contributed by atoms with van der Waals surface area (Å²) < 4.78 is 10.0. The lowest BCUT2D eigenvalue weighted by Crippen LogP contribution is -2.41. The van der Waals surface area contributed by atoms with Gasteiger partial charge >= 0.3 is 11.9 Å². The van der Waals surface area contributed by atoms with Gasteiger partial charge in [0.2, 0.25) is 5.91 Å². The highest BCUT2D eigenvalue weighted by Gasteiger charge is 2.28. The van der Waals surface area contributed by atoms with Crippen LogP contribution < -0.4 is 5.32 Å². The van der Waals surface area contributed by atoms with Gasteiger partial charge in [-0.2, -0.15) is 0 Å². The van der Waals surface area contributed by atoms with Gasteiger partial charge in [0, 0.05) is 24.7 Å². The minimum atomic E-state index is -0.588. The van der Waals surface area contributed by atoms with E-state index in [1.807, 2.05) is 11.4 Å². The van der Waals surface area contributed by atoms with E-state index in [0.29, 0.717) is 36.5 Å². The standard InChI is InChI=1S/C23H26N2O6S/c1-3-30-22(28)16-12-17(23(29)31-4-2)14-18(13-16)24-20(26)15-7-9-25(10-8-15)21(27)19-6-5-11-32-19/h5-6,11-15H,3-4,7-10H2,1-2H3,(H,24,26). The molecule has 1 aromatic carbocycles. The molecular weight excluding hydrogens is 432 g/mol. The molecule has 0 bridgehead atoms. The Balaban J connectivity index is 1.68. The predicted octanol–water partition coefficient (Wildman–Crippen LogP) is 3.59. The number of hydrogen-bond donors (Lipinski definition) is 1. The monoisotopic (exact) mass is 458 g/mol. The largest absolute Gasteiger partial charge is 0.462 e. The van der Waals surface area contributed by atoms with Crippen molar-refractivity contribution >= 4 is 40.8 Å². The van der Waals surface area contributed by atoms with E-state index in [0.717, 1.165) is 0 Å². The third-order valence-electron chi connectivity index (χ3n) is 5.11. The first kappa shape index (κ1) is 23.5. The maximum absolute atomic E-state index is 12.8. The van der Waals surface area contributed by atoms with Crippen LogP contribution in [-0.2, 0) is 14.3 Å². The van der Waals surface area contributed by atoms with Crippen LogP contribution in [0.4, 0.5) is 5.69 Å². The van der Waals surface area contributed by atoms with Crippen molar-refractivity contribution in [2.24, 2.45) is 5.92 Å². The van der Waals surface area contributed by atoms with Gasteiger partial charge in [-0.05, 0) is 56.3 Å². The third-order valence-corrected chi connectivity index (χ3v) is 5.97. The van der Waals surface area contributed by atoms with E-state index < -0.39 is 11.9 Å². The van der Waals surface area contributed by atoms with Crippen LogP contribution in [0.5, 0.6) is 0 Å². The molecule has 8 nitrogen and oxygen atoms in total. The van der Waals surface area contributed by atoms with Gasteiger partial charge in [0.25, 0.3) is 5.91 Å². The molecule has 0 radical (unpaired) electrons. The number of anilines is 1. The number of carbonyl (C=O) groups excluding carboxylic acids is 4. The molecule has 2 amide bonds. The van der Waals surface area contributed by atoms with Crippen molar-refractivity contribution in [2.75, 3.05) is 31.6 Å². The van der Waals surface area contributed by atoms with Crippen molar-refractivity contribution in [3.63, 3.8) is 0 Å². The number of hydrogen-bond acceptors (Lipinski definition) is 7. The van der Waals surface area contributed by atoms with Crippen LogP contribution >= 0.6 is 11.3 Å². The predicted molar refractivity (Wildman–Crippen MR) is 120 cm³/mol. The normalized spacial score (nSPS) is 14.0. The Kier molecular flexibility index (Phi) is 7.99. The van der Waals surface area contributed by atoms with Gasteiger partial charge in [0.15, 0.2) is 0 Å². The Labute approximate surface area is 190 Å². The molecule has 2 aromatic rings. The molecule has 1 aliphatic rings. The minimum absolute atomic E-state index is 0.0138. The quantitative estimate of drug-likeness (QED) is 0.636. The highest BCUT2D eigenvalue weighted by molar-refractivity contribution is 7.12. The molecule has 1 aliphatic heterocycles. The number of piperidine rings is 1. The maximum Gasteiger partial charge on any atom is 0.338 e. The van der Waals surface area contributed by atoms with Crippen LogP contribution in [0.1, 0.15) is 57.1 Å². The topological polar surface area (TPSA) is 102 Å². The number of amides is 2. The smallest absolute Gasteiger partial charge is 0.338 e. The van der Waals surface area contributed by atoms with E-state index in [-0.39, 0.29) is 42.1 Å². The van der Waals surface area contributed by atoms with E-state index >= 15 is 0 Å². The van der Waals surface area contributed by atoms with Crippen molar-refractivity contribution in [1.82, 2.24) is 4.90 Å². The number of rotatable bonds is 7. The number of benzene rings is 1. The summed E-state index contributed by atoms with van der Waals surface area (Å²) in [5, 5.41) is 4.67. The molecule has 0 aliphatic carbocycles.